The van der Waals surface area contributed by atoms with E-state index in [1.165, 1.54) is 31.0 Å². The van der Waals surface area contributed by atoms with Crippen LogP contribution >= 0.6 is 34.3 Å². The first-order valence-electron chi connectivity index (χ1n) is 5.84. The Kier molecular flexibility index (Phi) is 3.18. The fourth-order valence-electron chi connectivity index (χ4n) is 2.26. The third-order valence-electron chi connectivity index (χ3n) is 3.14. The Labute approximate surface area is 120 Å². The van der Waals surface area contributed by atoms with Crippen molar-refractivity contribution >= 4 is 44.4 Å². The van der Waals surface area contributed by atoms with Gasteiger partial charge in [0.15, 0.2) is 0 Å². The third-order valence-corrected chi connectivity index (χ3v) is 5.57. The molecule has 0 saturated carbocycles. The molecule has 0 aliphatic carbocycles. The van der Waals surface area contributed by atoms with Crippen molar-refractivity contribution in [3.8, 4) is 0 Å². The lowest BCUT2D eigenvalue weighted by molar-refractivity contribution is 1.16. The minimum Gasteiger partial charge on any atom is -0.146 e. The highest BCUT2D eigenvalue weighted by molar-refractivity contribution is 7.17. The first-order chi connectivity index (χ1) is 8.66. The van der Waals surface area contributed by atoms with Crippen molar-refractivity contribution in [3.63, 3.8) is 0 Å². The lowest BCUT2D eigenvalue weighted by atomic mass is 10.0. The molecule has 1 unspecified atom stereocenters. The Morgan fingerprint density at radius 1 is 1.11 bits per heavy atom. The van der Waals surface area contributed by atoms with Crippen LogP contribution in [0.25, 0.3) is 10.1 Å². The van der Waals surface area contributed by atoms with E-state index < -0.39 is 0 Å². The number of thiophene rings is 2. The molecule has 3 heteroatoms. The summed E-state index contributed by atoms with van der Waals surface area (Å²) in [6.45, 7) is 4.29. The number of hydrogen-bond acceptors (Lipinski definition) is 2. The predicted molar refractivity (Wildman–Crippen MR) is 83.3 cm³/mol. The molecule has 0 bridgehead atoms. The van der Waals surface area contributed by atoms with Crippen LogP contribution in [-0.2, 0) is 0 Å². The van der Waals surface area contributed by atoms with E-state index in [0.717, 1.165) is 0 Å². The van der Waals surface area contributed by atoms with Crippen LogP contribution in [0.4, 0.5) is 0 Å². The van der Waals surface area contributed by atoms with Crippen LogP contribution in [0, 0.1) is 13.8 Å². The molecule has 3 aromatic rings. The molecule has 0 N–H and O–H groups in total. The molecule has 2 heterocycles. The van der Waals surface area contributed by atoms with Gasteiger partial charge in [0.2, 0.25) is 0 Å². The number of alkyl halides is 1. The van der Waals surface area contributed by atoms with Crippen molar-refractivity contribution in [2.45, 2.75) is 19.2 Å². The monoisotopic (exact) mass is 292 g/mol. The van der Waals surface area contributed by atoms with Gasteiger partial charge in [-0.3, -0.25) is 0 Å². The van der Waals surface area contributed by atoms with Gasteiger partial charge in [0.1, 0.15) is 0 Å². The van der Waals surface area contributed by atoms with Gasteiger partial charge in [0.25, 0.3) is 0 Å². The Bertz CT molecular complexity index is 693. The van der Waals surface area contributed by atoms with Crippen molar-refractivity contribution in [2.24, 2.45) is 0 Å². The number of fused-ring (bicyclic) bond motifs is 1. The highest BCUT2D eigenvalue weighted by Crippen LogP contribution is 2.40. The molecule has 92 valence electrons. The van der Waals surface area contributed by atoms with E-state index in [2.05, 4.69) is 49.6 Å². The van der Waals surface area contributed by atoms with Gasteiger partial charge in [-0.2, -0.15) is 0 Å². The molecule has 0 radical (unpaired) electrons. The van der Waals surface area contributed by atoms with Crippen molar-refractivity contribution in [3.05, 3.63) is 56.6 Å². The fourth-order valence-corrected chi connectivity index (χ4v) is 4.76. The molecule has 0 spiro atoms. The maximum Gasteiger partial charge on any atom is 0.0860 e. The molecule has 0 aliphatic heterocycles. The zero-order valence-electron chi connectivity index (χ0n) is 10.2. The number of hydrogen-bond donors (Lipinski definition) is 0. The quantitative estimate of drug-likeness (QED) is 0.515. The largest absolute Gasteiger partial charge is 0.146 e. The summed E-state index contributed by atoms with van der Waals surface area (Å²) in [4.78, 5) is 2.65. The zero-order chi connectivity index (χ0) is 12.7. The molecule has 3 rings (SSSR count). The van der Waals surface area contributed by atoms with Gasteiger partial charge in [-0.15, -0.1) is 34.3 Å². The molecule has 0 aliphatic rings. The highest BCUT2D eigenvalue weighted by Gasteiger charge is 2.18. The molecule has 2 aromatic heterocycles. The standard InChI is InChI=1S/C15H13ClS2/c1-9-7-12(10(2)18-9)15(16)13-8-17-14-6-4-3-5-11(13)14/h3-8,15H,1-2H3. The van der Waals surface area contributed by atoms with Crippen molar-refractivity contribution in [1.82, 2.24) is 0 Å². The Morgan fingerprint density at radius 3 is 2.61 bits per heavy atom. The Hall–Kier alpha value is -0.830. The molecular formula is C15H13ClS2. The molecule has 0 fully saturated rings. The topological polar surface area (TPSA) is 0 Å². The normalized spacial score (nSPS) is 13.1. The number of rotatable bonds is 2. The third kappa shape index (κ3) is 1.99. The second-order valence-electron chi connectivity index (χ2n) is 4.42. The maximum atomic E-state index is 6.68. The average molecular weight is 293 g/mol. The molecular weight excluding hydrogens is 280 g/mol. The number of aryl methyl sites for hydroxylation is 2. The summed E-state index contributed by atoms with van der Waals surface area (Å²) in [6, 6.07) is 10.7. The summed E-state index contributed by atoms with van der Waals surface area (Å²) in [6.07, 6.45) is 0. The molecule has 0 nitrogen and oxygen atoms in total. The summed E-state index contributed by atoms with van der Waals surface area (Å²) in [5, 5.41) is 3.44. The average Bonchev–Trinajstić information content (AvgIpc) is 2.92. The Balaban J connectivity index is 2.12. The van der Waals surface area contributed by atoms with Gasteiger partial charge < -0.3 is 0 Å². The van der Waals surface area contributed by atoms with Crippen LogP contribution in [0.5, 0.6) is 0 Å². The van der Waals surface area contributed by atoms with Gasteiger partial charge >= 0.3 is 0 Å². The summed E-state index contributed by atoms with van der Waals surface area (Å²) < 4.78 is 1.31. The summed E-state index contributed by atoms with van der Waals surface area (Å²) in [7, 11) is 0. The fraction of sp³-hybridized carbons (Fsp3) is 0.200. The van der Waals surface area contributed by atoms with Crippen molar-refractivity contribution in [2.75, 3.05) is 0 Å². The van der Waals surface area contributed by atoms with E-state index >= 15 is 0 Å². The first-order valence-corrected chi connectivity index (χ1v) is 7.97. The maximum absolute atomic E-state index is 6.68. The highest BCUT2D eigenvalue weighted by atomic mass is 35.5. The molecule has 18 heavy (non-hydrogen) atoms. The summed E-state index contributed by atoms with van der Waals surface area (Å²) in [5.74, 6) is 0. The SMILES string of the molecule is Cc1cc(C(Cl)c2csc3ccccc23)c(C)s1. The summed E-state index contributed by atoms with van der Waals surface area (Å²) in [5.41, 5.74) is 2.49. The first kappa shape index (κ1) is 12.2. The summed E-state index contributed by atoms with van der Waals surface area (Å²) >= 11 is 10.3. The van der Waals surface area contributed by atoms with Crippen LogP contribution in [0.3, 0.4) is 0 Å². The van der Waals surface area contributed by atoms with Crippen LogP contribution < -0.4 is 0 Å². The van der Waals surface area contributed by atoms with E-state index in [0.29, 0.717) is 0 Å². The van der Waals surface area contributed by atoms with Gasteiger partial charge in [0, 0.05) is 14.5 Å². The second-order valence-corrected chi connectivity index (χ2v) is 7.23. The van der Waals surface area contributed by atoms with E-state index in [9.17, 15) is 0 Å². The molecule has 1 atom stereocenters. The van der Waals surface area contributed by atoms with Gasteiger partial charge in [-0.1, -0.05) is 18.2 Å². The number of benzene rings is 1. The van der Waals surface area contributed by atoms with Gasteiger partial charge in [-0.05, 0) is 47.9 Å². The molecule has 0 amide bonds. The van der Waals surface area contributed by atoms with Crippen LogP contribution in [0.2, 0.25) is 0 Å². The minimum atomic E-state index is -0.0360. The second kappa shape index (κ2) is 4.69. The minimum absolute atomic E-state index is 0.0360. The van der Waals surface area contributed by atoms with Crippen LogP contribution in [0.15, 0.2) is 35.7 Å². The predicted octanol–water partition coefficient (Wildman–Crippen LogP) is 5.91. The molecule has 0 saturated heterocycles. The van der Waals surface area contributed by atoms with E-state index in [4.69, 9.17) is 11.6 Å². The van der Waals surface area contributed by atoms with Crippen molar-refractivity contribution < 1.29 is 0 Å². The van der Waals surface area contributed by atoms with Gasteiger partial charge in [-0.25, -0.2) is 0 Å². The van der Waals surface area contributed by atoms with Crippen LogP contribution in [-0.4, -0.2) is 0 Å². The van der Waals surface area contributed by atoms with E-state index in [1.54, 1.807) is 11.3 Å². The smallest absolute Gasteiger partial charge is 0.0860 e. The van der Waals surface area contributed by atoms with Crippen LogP contribution in [0.1, 0.15) is 26.3 Å². The lowest BCUT2D eigenvalue weighted by Crippen LogP contribution is -1.91. The Morgan fingerprint density at radius 2 is 1.89 bits per heavy atom. The van der Waals surface area contributed by atoms with E-state index in [1.807, 2.05) is 11.3 Å². The zero-order valence-corrected chi connectivity index (χ0v) is 12.6. The molecule has 1 aromatic carbocycles. The lowest BCUT2D eigenvalue weighted by Gasteiger charge is -2.08. The number of halogens is 1. The van der Waals surface area contributed by atoms with Gasteiger partial charge in [0.05, 0.1) is 5.38 Å². The van der Waals surface area contributed by atoms with E-state index in [-0.39, 0.29) is 5.38 Å². The van der Waals surface area contributed by atoms with Crippen molar-refractivity contribution in [1.29, 1.82) is 0 Å².